The van der Waals surface area contributed by atoms with Gasteiger partial charge in [-0.25, -0.2) is 8.42 Å². The second-order valence-corrected chi connectivity index (χ2v) is 9.11. The van der Waals surface area contributed by atoms with Crippen LogP contribution in [0.5, 0.6) is 0 Å². The van der Waals surface area contributed by atoms with Crippen LogP contribution in [0.25, 0.3) is 0 Å². The van der Waals surface area contributed by atoms with Crippen LogP contribution in [-0.2, 0) is 25.8 Å². The molecule has 1 aliphatic carbocycles. The average Bonchev–Trinajstić information content (AvgIpc) is 3.06. The number of esters is 1. The van der Waals surface area contributed by atoms with Crippen LogP contribution < -0.4 is 0 Å². The Bertz CT molecular complexity index is 638. The molecule has 0 aromatic heterocycles. The van der Waals surface area contributed by atoms with Crippen LogP contribution >= 0.6 is 0 Å². The standard InChI is InChI=1S/C18H24O4S/c19-18(12-15-9-10-23(20,21)13-15)22-17-8-4-7-16(17)11-14-5-2-1-3-6-14/h1-3,5-6,15-17H,4,7-13H2/t15-,16-,17+/m0/s1. The summed E-state index contributed by atoms with van der Waals surface area (Å²) in [4.78, 5) is 12.1. The molecule has 4 nitrogen and oxygen atoms in total. The molecule has 2 fully saturated rings. The molecule has 1 saturated heterocycles. The summed E-state index contributed by atoms with van der Waals surface area (Å²) >= 11 is 0. The summed E-state index contributed by atoms with van der Waals surface area (Å²) in [6.45, 7) is 0. The lowest BCUT2D eigenvalue weighted by Gasteiger charge is -2.21. The van der Waals surface area contributed by atoms with Crippen molar-refractivity contribution in [1.29, 1.82) is 0 Å². The highest BCUT2D eigenvalue weighted by molar-refractivity contribution is 7.91. The summed E-state index contributed by atoms with van der Waals surface area (Å²) in [5.74, 6) is 0.456. The minimum atomic E-state index is -2.93. The number of ether oxygens (including phenoxy) is 1. The topological polar surface area (TPSA) is 60.4 Å². The number of carbonyl (C=O) groups is 1. The van der Waals surface area contributed by atoms with Crippen LogP contribution in [0.1, 0.15) is 37.7 Å². The van der Waals surface area contributed by atoms with Crippen molar-refractivity contribution in [3.8, 4) is 0 Å². The highest BCUT2D eigenvalue weighted by atomic mass is 32.2. The van der Waals surface area contributed by atoms with Gasteiger partial charge in [-0.3, -0.25) is 4.79 Å². The molecule has 1 aliphatic heterocycles. The van der Waals surface area contributed by atoms with Crippen LogP contribution in [0.3, 0.4) is 0 Å². The van der Waals surface area contributed by atoms with Gasteiger partial charge in [0.05, 0.1) is 11.5 Å². The zero-order valence-corrected chi connectivity index (χ0v) is 14.1. The lowest BCUT2D eigenvalue weighted by atomic mass is 9.96. The van der Waals surface area contributed by atoms with Gasteiger partial charge in [-0.15, -0.1) is 0 Å². The third-order valence-corrected chi connectivity index (χ3v) is 6.83. The molecule has 0 bridgehead atoms. The number of sulfone groups is 1. The molecule has 1 aromatic rings. The lowest BCUT2D eigenvalue weighted by Crippen LogP contribution is -2.25. The van der Waals surface area contributed by atoms with Gasteiger partial charge in [-0.2, -0.15) is 0 Å². The Balaban J connectivity index is 1.51. The third kappa shape index (κ3) is 4.56. The summed E-state index contributed by atoms with van der Waals surface area (Å²) in [5.41, 5.74) is 1.28. The minimum Gasteiger partial charge on any atom is -0.462 e. The Morgan fingerprint density at radius 1 is 1.13 bits per heavy atom. The van der Waals surface area contributed by atoms with E-state index in [1.54, 1.807) is 0 Å². The molecule has 0 amide bonds. The molecule has 1 aromatic carbocycles. The van der Waals surface area contributed by atoms with E-state index < -0.39 is 9.84 Å². The van der Waals surface area contributed by atoms with Crippen molar-refractivity contribution in [2.24, 2.45) is 11.8 Å². The maximum absolute atomic E-state index is 12.1. The van der Waals surface area contributed by atoms with Crippen molar-refractivity contribution >= 4 is 15.8 Å². The van der Waals surface area contributed by atoms with E-state index in [2.05, 4.69) is 12.1 Å². The molecule has 2 aliphatic rings. The normalized spacial score (nSPS) is 29.5. The van der Waals surface area contributed by atoms with E-state index in [0.717, 1.165) is 25.7 Å². The Hall–Kier alpha value is -1.36. The molecule has 5 heteroatoms. The Morgan fingerprint density at radius 3 is 2.61 bits per heavy atom. The minimum absolute atomic E-state index is 0.0132. The van der Waals surface area contributed by atoms with Gasteiger partial charge in [0.1, 0.15) is 6.10 Å². The van der Waals surface area contributed by atoms with Crippen LogP contribution in [0, 0.1) is 11.8 Å². The van der Waals surface area contributed by atoms with E-state index in [9.17, 15) is 13.2 Å². The third-order valence-electron chi connectivity index (χ3n) is 4.99. The van der Waals surface area contributed by atoms with E-state index in [1.165, 1.54) is 5.56 Å². The first-order chi connectivity index (χ1) is 11.0. The van der Waals surface area contributed by atoms with Gasteiger partial charge < -0.3 is 4.74 Å². The summed E-state index contributed by atoms with van der Waals surface area (Å²) in [5, 5.41) is 0. The van der Waals surface area contributed by atoms with Gasteiger partial charge >= 0.3 is 5.97 Å². The number of hydrogen-bond donors (Lipinski definition) is 0. The SMILES string of the molecule is O=C(C[C@@H]1CCS(=O)(=O)C1)O[C@@H]1CCC[C@H]1Cc1ccccc1. The van der Waals surface area contributed by atoms with E-state index in [4.69, 9.17) is 4.74 Å². The first kappa shape index (κ1) is 16.5. The fraction of sp³-hybridized carbons (Fsp3) is 0.611. The Labute approximate surface area is 138 Å². The van der Waals surface area contributed by atoms with Crippen LogP contribution in [0.2, 0.25) is 0 Å². The van der Waals surface area contributed by atoms with Gasteiger partial charge in [-0.1, -0.05) is 30.3 Å². The van der Waals surface area contributed by atoms with Crippen molar-refractivity contribution in [3.63, 3.8) is 0 Å². The largest absolute Gasteiger partial charge is 0.462 e. The maximum atomic E-state index is 12.1. The van der Waals surface area contributed by atoms with E-state index in [-0.39, 0.29) is 35.9 Å². The smallest absolute Gasteiger partial charge is 0.306 e. The van der Waals surface area contributed by atoms with Gasteiger partial charge in [0.2, 0.25) is 0 Å². The molecule has 0 N–H and O–H groups in total. The monoisotopic (exact) mass is 336 g/mol. The van der Waals surface area contributed by atoms with Crippen molar-refractivity contribution in [1.82, 2.24) is 0 Å². The summed E-state index contributed by atoms with van der Waals surface area (Å²) in [6, 6.07) is 10.3. The summed E-state index contributed by atoms with van der Waals surface area (Å²) in [7, 11) is -2.93. The van der Waals surface area contributed by atoms with E-state index >= 15 is 0 Å². The van der Waals surface area contributed by atoms with Gasteiger partial charge in [0.25, 0.3) is 0 Å². The Morgan fingerprint density at radius 2 is 1.91 bits per heavy atom. The van der Waals surface area contributed by atoms with E-state index in [0.29, 0.717) is 12.3 Å². The summed E-state index contributed by atoms with van der Waals surface area (Å²) < 4.78 is 28.6. The van der Waals surface area contributed by atoms with Crippen molar-refractivity contribution in [3.05, 3.63) is 35.9 Å². The van der Waals surface area contributed by atoms with Crippen LogP contribution in [0.4, 0.5) is 0 Å². The van der Waals surface area contributed by atoms with Crippen LogP contribution in [-0.4, -0.2) is 32.0 Å². The van der Waals surface area contributed by atoms with Gasteiger partial charge in [-0.05, 0) is 49.5 Å². The predicted molar refractivity (Wildman–Crippen MR) is 88.7 cm³/mol. The summed E-state index contributed by atoms with van der Waals surface area (Å²) in [6.07, 6.45) is 4.87. The zero-order valence-electron chi connectivity index (χ0n) is 13.3. The van der Waals surface area contributed by atoms with Crippen molar-refractivity contribution in [2.45, 2.75) is 44.6 Å². The van der Waals surface area contributed by atoms with Gasteiger partial charge in [0, 0.05) is 6.42 Å². The number of rotatable bonds is 5. The zero-order chi connectivity index (χ0) is 16.3. The molecule has 126 valence electrons. The average molecular weight is 336 g/mol. The molecule has 3 atom stereocenters. The highest BCUT2D eigenvalue weighted by Gasteiger charge is 2.33. The van der Waals surface area contributed by atoms with Crippen LogP contribution in [0.15, 0.2) is 30.3 Å². The fourth-order valence-electron chi connectivity index (χ4n) is 3.79. The maximum Gasteiger partial charge on any atom is 0.306 e. The molecule has 0 unspecified atom stereocenters. The van der Waals surface area contributed by atoms with E-state index in [1.807, 2.05) is 18.2 Å². The lowest BCUT2D eigenvalue weighted by molar-refractivity contribution is -0.151. The Kier molecular flexibility index (Phi) is 5.05. The quantitative estimate of drug-likeness (QED) is 0.776. The first-order valence-corrected chi connectivity index (χ1v) is 10.3. The molecule has 0 radical (unpaired) electrons. The first-order valence-electron chi connectivity index (χ1n) is 8.46. The number of carbonyl (C=O) groups excluding carboxylic acids is 1. The molecular weight excluding hydrogens is 312 g/mol. The van der Waals surface area contributed by atoms with Gasteiger partial charge in [0.15, 0.2) is 9.84 Å². The molecule has 3 rings (SSSR count). The molecule has 1 heterocycles. The second-order valence-electron chi connectivity index (χ2n) is 6.88. The fourth-order valence-corrected chi connectivity index (χ4v) is 5.66. The molecule has 1 saturated carbocycles. The molecule has 0 spiro atoms. The highest BCUT2D eigenvalue weighted by Crippen LogP contribution is 2.32. The predicted octanol–water partition coefficient (Wildman–Crippen LogP) is 2.77. The molecule has 23 heavy (non-hydrogen) atoms. The van der Waals surface area contributed by atoms with Crippen molar-refractivity contribution < 1.29 is 17.9 Å². The number of benzene rings is 1. The molecular formula is C18H24O4S. The number of hydrogen-bond acceptors (Lipinski definition) is 4. The second kappa shape index (κ2) is 7.04. The van der Waals surface area contributed by atoms with Crippen molar-refractivity contribution in [2.75, 3.05) is 11.5 Å².